The summed E-state index contributed by atoms with van der Waals surface area (Å²) >= 11 is 1.64. The molecule has 6 heteroatoms. The first-order valence-electron chi connectivity index (χ1n) is 9.75. The molecule has 4 rings (SSSR count). The molecule has 1 atom stereocenters. The van der Waals surface area contributed by atoms with Crippen LogP contribution < -0.4 is 10.6 Å². The SMILES string of the molecule is CC(Nc1nc(C2CC2)nc2scc(-c3ccccc3)c12)C(=O)NC(C)(C)C. The molecule has 5 nitrogen and oxygen atoms in total. The van der Waals surface area contributed by atoms with Crippen LogP contribution in [0.4, 0.5) is 5.82 Å². The minimum Gasteiger partial charge on any atom is -0.358 e. The molecule has 0 spiro atoms. The number of rotatable bonds is 5. The Bertz CT molecular complexity index is 1000. The minimum absolute atomic E-state index is 0.0382. The number of nitrogens with one attached hydrogen (secondary N) is 2. The normalized spacial score (nSPS) is 15.4. The third-order valence-corrected chi connectivity index (χ3v) is 5.60. The van der Waals surface area contributed by atoms with Crippen LogP contribution in [0.25, 0.3) is 21.3 Å². The lowest BCUT2D eigenvalue weighted by atomic mass is 10.1. The Morgan fingerprint density at radius 1 is 1.18 bits per heavy atom. The fourth-order valence-corrected chi connectivity index (χ4v) is 4.12. The zero-order chi connectivity index (χ0) is 19.9. The summed E-state index contributed by atoms with van der Waals surface area (Å²) in [5.41, 5.74) is 1.96. The Kier molecular flexibility index (Phi) is 4.83. The molecule has 2 N–H and O–H groups in total. The van der Waals surface area contributed by atoms with E-state index >= 15 is 0 Å². The van der Waals surface area contributed by atoms with Crippen LogP contribution in [0.2, 0.25) is 0 Å². The number of thiophene rings is 1. The predicted octanol–water partition coefficient (Wildman–Crippen LogP) is 4.95. The van der Waals surface area contributed by atoms with Crippen molar-refractivity contribution in [1.29, 1.82) is 0 Å². The topological polar surface area (TPSA) is 66.9 Å². The van der Waals surface area contributed by atoms with Gasteiger partial charge >= 0.3 is 0 Å². The van der Waals surface area contributed by atoms with Crippen LogP contribution in [0.3, 0.4) is 0 Å². The number of benzene rings is 1. The summed E-state index contributed by atoms with van der Waals surface area (Å²) in [5, 5.41) is 9.54. The van der Waals surface area contributed by atoms with Crippen molar-refractivity contribution in [3.63, 3.8) is 0 Å². The Balaban J connectivity index is 1.74. The van der Waals surface area contributed by atoms with Crippen molar-refractivity contribution in [2.75, 3.05) is 5.32 Å². The van der Waals surface area contributed by atoms with E-state index in [1.165, 1.54) is 0 Å². The van der Waals surface area contributed by atoms with Gasteiger partial charge in [-0.1, -0.05) is 30.3 Å². The molecule has 0 radical (unpaired) electrons. The van der Waals surface area contributed by atoms with Crippen LogP contribution in [0.15, 0.2) is 35.7 Å². The molecule has 1 aliphatic carbocycles. The first kappa shape index (κ1) is 18.9. The fraction of sp³-hybridized carbons (Fsp3) is 0.409. The van der Waals surface area contributed by atoms with Gasteiger partial charge in [0.1, 0.15) is 22.5 Å². The average Bonchev–Trinajstić information content (AvgIpc) is 3.40. The summed E-state index contributed by atoms with van der Waals surface area (Å²) in [6.07, 6.45) is 2.28. The number of hydrogen-bond donors (Lipinski definition) is 2. The fourth-order valence-electron chi connectivity index (χ4n) is 3.17. The molecule has 2 aromatic heterocycles. The lowest BCUT2D eigenvalue weighted by molar-refractivity contribution is -0.122. The highest BCUT2D eigenvalue weighted by atomic mass is 32.1. The minimum atomic E-state index is -0.395. The van der Waals surface area contributed by atoms with Crippen LogP contribution in [-0.4, -0.2) is 27.5 Å². The van der Waals surface area contributed by atoms with E-state index in [9.17, 15) is 4.79 Å². The highest BCUT2D eigenvalue weighted by Gasteiger charge is 2.29. The number of carbonyl (C=O) groups is 1. The van der Waals surface area contributed by atoms with E-state index in [0.717, 1.165) is 45.8 Å². The quantitative estimate of drug-likeness (QED) is 0.642. The Labute approximate surface area is 169 Å². The van der Waals surface area contributed by atoms with E-state index in [1.807, 2.05) is 45.9 Å². The molecule has 1 amide bonds. The third kappa shape index (κ3) is 4.02. The molecule has 2 heterocycles. The van der Waals surface area contributed by atoms with Gasteiger partial charge in [0.15, 0.2) is 0 Å². The van der Waals surface area contributed by atoms with Crippen LogP contribution in [-0.2, 0) is 4.79 Å². The predicted molar refractivity (Wildman–Crippen MR) is 116 cm³/mol. The molecule has 0 aliphatic heterocycles. The van der Waals surface area contributed by atoms with Gasteiger partial charge in [-0.05, 0) is 46.1 Å². The van der Waals surface area contributed by atoms with Crippen molar-refractivity contribution in [3.05, 3.63) is 41.5 Å². The monoisotopic (exact) mass is 394 g/mol. The lowest BCUT2D eigenvalue weighted by Gasteiger charge is -2.24. The molecular weight excluding hydrogens is 368 g/mol. The number of amides is 1. The van der Waals surface area contributed by atoms with Gasteiger partial charge < -0.3 is 10.6 Å². The van der Waals surface area contributed by atoms with Gasteiger partial charge in [0.25, 0.3) is 0 Å². The van der Waals surface area contributed by atoms with Gasteiger partial charge in [-0.2, -0.15) is 0 Å². The van der Waals surface area contributed by atoms with Gasteiger partial charge in [0.2, 0.25) is 5.91 Å². The molecule has 1 aliphatic rings. The van der Waals surface area contributed by atoms with Crippen LogP contribution in [0.1, 0.15) is 52.3 Å². The van der Waals surface area contributed by atoms with Crippen molar-refractivity contribution >= 4 is 33.3 Å². The van der Waals surface area contributed by atoms with E-state index in [0.29, 0.717) is 5.92 Å². The maximum absolute atomic E-state index is 12.6. The molecule has 146 valence electrons. The van der Waals surface area contributed by atoms with Gasteiger partial charge in [-0.25, -0.2) is 9.97 Å². The van der Waals surface area contributed by atoms with Gasteiger partial charge in [0, 0.05) is 22.4 Å². The number of nitrogens with zero attached hydrogens (tertiary/aromatic N) is 2. The maximum Gasteiger partial charge on any atom is 0.242 e. The molecule has 1 aromatic carbocycles. The second kappa shape index (κ2) is 7.17. The highest BCUT2D eigenvalue weighted by molar-refractivity contribution is 7.17. The maximum atomic E-state index is 12.6. The Morgan fingerprint density at radius 3 is 2.54 bits per heavy atom. The summed E-state index contributed by atoms with van der Waals surface area (Å²) in [5.74, 6) is 2.05. The van der Waals surface area contributed by atoms with Crippen molar-refractivity contribution in [1.82, 2.24) is 15.3 Å². The number of aromatic nitrogens is 2. The standard InChI is InChI=1S/C22H26N4OS/c1-13(20(27)26-22(2,3)4)23-19-17-16(14-8-6-5-7-9-14)12-28-21(17)25-18(24-19)15-10-11-15/h5-9,12-13,15H,10-11H2,1-4H3,(H,26,27)(H,23,24,25). The summed E-state index contributed by atoms with van der Waals surface area (Å²) in [4.78, 5) is 23.2. The zero-order valence-electron chi connectivity index (χ0n) is 16.7. The molecular formula is C22H26N4OS. The molecule has 0 saturated heterocycles. The number of hydrogen-bond acceptors (Lipinski definition) is 5. The summed E-state index contributed by atoms with van der Waals surface area (Å²) in [6, 6.07) is 9.87. The van der Waals surface area contributed by atoms with Crippen LogP contribution in [0.5, 0.6) is 0 Å². The lowest BCUT2D eigenvalue weighted by Crippen LogP contribution is -2.47. The van der Waals surface area contributed by atoms with Crippen molar-refractivity contribution < 1.29 is 4.79 Å². The average molecular weight is 395 g/mol. The Hall–Kier alpha value is -2.47. The number of fused-ring (bicyclic) bond motifs is 1. The smallest absolute Gasteiger partial charge is 0.242 e. The molecule has 1 unspecified atom stereocenters. The van der Waals surface area contributed by atoms with Gasteiger partial charge in [-0.15, -0.1) is 11.3 Å². The molecule has 1 fully saturated rings. The van der Waals surface area contributed by atoms with Crippen LogP contribution in [0, 0.1) is 0 Å². The summed E-state index contributed by atoms with van der Waals surface area (Å²) in [6.45, 7) is 7.83. The molecule has 1 saturated carbocycles. The van der Waals surface area contributed by atoms with Crippen molar-refractivity contribution in [2.45, 2.75) is 58.0 Å². The van der Waals surface area contributed by atoms with E-state index in [1.54, 1.807) is 11.3 Å². The van der Waals surface area contributed by atoms with Gasteiger partial charge in [0.05, 0.1) is 5.39 Å². The summed E-state index contributed by atoms with van der Waals surface area (Å²) in [7, 11) is 0. The van der Waals surface area contributed by atoms with E-state index < -0.39 is 6.04 Å². The summed E-state index contributed by atoms with van der Waals surface area (Å²) < 4.78 is 0. The van der Waals surface area contributed by atoms with Crippen LogP contribution >= 0.6 is 11.3 Å². The molecule has 0 bridgehead atoms. The largest absolute Gasteiger partial charge is 0.358 e. The molecule has 3 aromatic rings. The third-order valence-electron chi connectivity index (χ3n) is 4.72. The van der Waals surface area contributed by atoms with Crippen molar-refractivity contribution in [2.24, 2.45) is 0 Å². The zero-order valence-corrected chi connectivity index (χ0v) is 17.6. The van der Waals surface area contributed by atoms with Gasteiger partial charge in [-0.3, -0.25) is 4.79 Å². The number of carbonyl (C=O) groups excluding carboxylic acids is 1. The second-order valence-electron chi connectivity index (χ2n) is 8.51. The van der Waals surface area contributed by atoms with E-state index in [2.05, 4.69) is 28.1 Å². The number of anilines is 1. The van der Waals surface area contributed by atoms with Crippen molar-refractivity contribution in [3.8, 4) is 11.1 Å². The first-order chi connectivity index (χ1) is 13.3. The highest BCUT2D eigenvalue weighted by Crippen LogP contribution is 2.42. The van der Waals surface area contributed by atoms with E-state index in [-0.39, 0.29) is 11.4 Å². The first-order valence-corrected chi connectivity index (χ1v) is 10.6. The second-order valence-corrected chi connectivity index (χ2v) is 9.36. The van der Waals surface area contributed by atoms with E-state index in [4.69, 9.17) is 9.97 Å². The Morgan fingerprint density at radius 2 is 1.89 bits per heavy atom. The molecule has 28 heavy (non-hydrogen) atoms.